The van der Waals surface area contributed by atoms with E-state index < -0.39 is 7.60 Å². The fraction of sp³-hybridized carbons (Fsp3) is 0.176. The van der Waals surface area contributed by atoms with Gasteiger partial charge in [-0.15, -0.1) is 0 Å². The minimum absolute atomic E-state index is 0.321. The molecule has 0 bridgehead atoms. The normalized spacial score (nSPS) is 12.0. The molecule has 0 fully saturated rings. The second kappa shape index (κ2) is 5.73. The molecule has 3 aromatic carbocycles. The van der Waals surface area contributed by atoms with E-state index in [1.165, 1.54) is 0 Å². The molecule has 4 nitrogen and oxygen atoms in total. The Bertz CT molecular complexity index is 882. The van der Waals surface area contributed by atoms with Crippen LogP contribution in [0.1, 0.15) is 12.5 Å². The maximum absolute atomic E-state index is 11.5. The summed E-state index contributed by atoms with van der Waals surface area (Å²) >= 11 is 0. The Labute approximate surface area is 128 Å². The van der Waals surface area contributed by atoms with Crippen molar-refractivity contribution in [1.29, 1.82) is 0 Å². The fourth-order valence-corrected chi connectivity index (χ4v) is 3.45. The molecular formula is C17H17O4P. The van der Waals surface area contributed by atoms with E-state index in [1.54, 1.807) is 6.07 Å². The van der Waals surface area contributed by atoms with Crippen molar-refractivity contribution < 1.29 is 19.1 Å². The summed E-state index contributed by atoms with van der Waals surface area (Å²) in [6.07, 6.45) is -0.321. The van der Waals surface area contributed by atoms with E-state index in [4.69, 9.17) is 4.74 Å². The summed E-state index contributed by atoms with van der Waals surface area (Å²) in [7, 11) is -4.18. The van der Waals surface area contributed by atoms with Crippen molar-refractivity contribution in [3.8, 4) is 5.75 Å². The van der Waals surface area contributed by atoms with Crippen LogP contribution in [0.15, 0.2) is 48.5 Å². The van der Waals surface area contributed by atoms with Crippen molar-refractivity contribution in [3.63, 3.8) is 0 Å². The third kappa shape index (κ3) is 3.00. The smallest absolute Gasteiger partial charge is 0.330 e. The summed E-state index contributed by atoms with van der Waals surface area (Å²) in [4.78, 5) is 18.8. The zero-order chi connectivity index (χ0) is 15.7. The molecule has 3 rings (SSSR count). The van der Waals surface area contributed by atoms with Gasteiger partial charge in [0.2, 0.25) is 0 Å². The molecular weight excluding hydrogens is 299 g/mol. The van der Waals surface area contributed by atoms with Crippen molar-refractivity contribution in [1.82, 2.24) is 0 Å². The second-order valence-corrected chi connectivity index (χ2v) is 6.86. The number of fused-ring (bicyclic) bond motifs is 2. The van der Waals surface area contributed by atoms with E-state index in [9.17, 15) is 14.4 Å². The maximum atomic E-state index is 11.5. The molecule has 0 atom stereocenters. The zero-order valence-corrected chi connectivity index (χ0v) is 13.1. The van der Waals surface area contributed by atoms with Crippen molar-refractivity contribution in [3.05, 3.63) is 54.1 Å². The Hall–Kier alpha value is -1.87. The molecule has 0 amide bonds. The summed E-state index contributed by atoms with van der Waals surface area (Å²) in [5, 5.41) is 3.91. The molecule has 114 valence electrons. The van der Waals surface area contributed by atoms with Gasteiger partial charge < -0.3 is 14.5 Å². The Morgan fingerprint density at radius 2 is 1.68 bits per heavy atom. The number of hydrogen-bond acceptors (Lipinski definition) is 2. The predicted molar refractivity (Wildman–Crippen MR) is 88.4 cm³/mol. The molecule has 3 aromatic rings. The molecule has 5 heteroatoms. The van der Waals surface area contributed by atoms with Crippen LogP contribution in [-0.4, -0.2) is 16.4 Å². The van der Waals surface area contributed by atoms with Gasteiger partial charge in [-0.2, -0.15) is 0 Å². The van der Waals surface area contributed by atoms with Gasteiger partial charge in [0.05, 0.1) is 12.8 Å². The molecule has 0 spiro atoms. The molecule has 0 heterocycles. The Balaban J connectivity index is 2.31. The maximum Gasteiger partial charge on any atom is 0.330 e. The van der Waals surface area contributed by atoms with Crippen LogP contribution in [0.5, 0.6) is 5.75 Å². The highest BCUT2D eigenvalue weighted by Gasteiger charge is 2.20. The second-order valence-electron chi connectivity index (χ2n) is 5.22. The van der Waals surface area contributed by atoms with Gasteiger partial charge in [0, 0.05) is 5.56 Å². The number of benzene rings is 3. The third-order valence-corrected chi connectivity index (χ3v) is 4.35. The van der Waals surface area contributed by atoms with Gasteiger partial charge >= 0.3 is 7.60 Å². The summed E-state index contributed by atoms with van der Waals surface area (Å²) in [5.74, 6) is 0.536. The molecule has 0 saturated heterocycles. The van der Waals surface area contributed by atoms with Gasteiger partial charge in [-0.05, 0) is 46.7 Å². The zero-order valence-electron chi connectivity index (χ0n) is 12.2. The Kier molecular flexibility index (Phi) is 3.92. The lowest BCUT2D eigenvalue weighted by molar-refractivity contribution is 0.335. The first-order chi connectivity index (χ1) is 10.5. The van der Waals surface area contributed by atoms with Gasteiger partial charge in [-0.25, -0.2) is 0 Å². The van der Waals surface area contributed by atoms with E-state index in [2.05, 4.69) is 0 Å². The Morgan fingerprint density at radius 1 is 1.00 bits per heavy atom. The molecule has 22 heavy (non-hydrogen) atoms. The van der Waals surface area contributed by atoms with Gasteiger partial charge in [0.1, 0.15) is 5.75 Å². The predicted octanol–water partition coefficient (Wildman–Crippen LogP) is 4.07. The first-order valence-corrected chi connectivity index (χ1v) is 8.89. The van der Waals surface area contributed by atoms with Gasteiger partial charge in [-0.1, -0.05) is 30.3 Å². The Morgan fingerprint density at radius 3 is 2.32 bits per heavy atom. The minimum Gasteiger partial charge on any atom is -0.494 e. The quantitative estimate of drug-likeness (QED) is 0.562. The topological polar surface area (TPSA) is 66.8 Å². The number of ether oxygens (including phenoxy) is 1. The molecule has 0 aliphatic rings. The first-order valence-electron chi connectivity index (χ1n) is 7.09. The van der Waals surface area contributed by atoms with Crippen molar-refractivity contribution >= 4 is 29.1 Å². The third-order valence-electron chi connectivity index (χ3n) is 3.62. The van der Waals surface area contributed by atoms with Gasteiger partial charge in [0.25, 0.3) is 0 Å². The van der Waals surface area contributed by atoms with Crippen LogP contribution in [-0.2, 0) is 10.7 Å². The van der Waals surface area contributed by atoms with Crippen molar-refractivity contribution in [2.24, 2.45) is 0 Å². The molecule has 2 N–H and O–H groups in total. The van der Waals surface area contributed by atoms with E-state index in [0.717, 1.165) is 21.5 Å². The molecule has 0 saturated carbocycles. The summed E-state index contributed by atoms with van der Waals surface area (Å²) in [6.45, 7) is 2.30. The van der Waals surface area contributed by atoms with Gasteiger partial charge in [-0.3, -0.25) is 4.57 Å². The van der Waals surface area contributed by atoms with Crippen LogP contribution >= 0.6 is 7.60 Å². The van der Waals surface area contributed by atoms with Crippen LogP contribution in [0, 0.1) is 0 Å². The average Bonchev–Trinajstić information content (AvgIpc) is 2.47. The van der Waals surface area contributed by atoms with Crippen molar-refractivity contribution in [2.75, 3.05) is 6.61 Å². The lowest BCUT2D eigenvalue weighted by Gasteiger charge is -2.15. The molecule has 0 radical (unpaired) electrons. The molecule has 0 aromatic heterocycles. The molecule has 0 aliphatic heterocycles. The first kappa shape index (κ1) is 15.0. The minimum atomic E-state index is -4.18. The van der Waals surface area contributed by atoms with Crippen LogP contribution in [0.2, 0.25) is 0 Å². The average molecular weight is 316 g/mol. The molecule has 0 unspecified atom stereocenters. The van der Waals surface area contributed by atoms with E-state index in [-0.39, 0.29) is 6.16 Å². The highest BCUT2D eigenvalue weighted by Crippen LogP contribution is 2.44. The van der Waals surface area contributed by atoms with Crippen LogP contribution < -0.4 is 4.74 Å². The van der Waals surface area contributed by atoms with E-state index in [0.29, 0.717) is 17.9 Å². The summed E-state index contributed by atoms with van der Waals surface area (Å²) < 4.78 is 17.1. The summed E-state index contributed by atoms with van der Waals surface area (Å²) in [5.41, 5.74) is 0.568. The highest BCUT2D eigenvalue weighted by atomic mass is 31.2. The summed E-state index contributed by atoms with van der Waals surface area (Å²) in [6, 6.07) is 15.6. The highest BCUT2D eigenvalue weighted by molar-refractivity contribution is 7.50. The van der Waals surface area contributed by atoms with Crippen LogP contribution in [0.4, 0.5) is 0 Å². The van der Waals surface area contributed by atoms with Crippen LogP contribution in [0.3, 0.4) is 0 Å². The van der Waals surface area contributed by atoms with E-state index in [1.807, 2.05) is 49.4 Å². The fourth-order valence-electron chi connectivity index (χ4n) is 2.72. The van der Waals surface area contributed by atoms with Crippen LogP contribution in [0.25, 0.3) is 21.5 Å². The van der Waals surface area contributed by atoms with E-state index >= 15 is 0 Å². The SMILES string of the molecule is CCOc1ccc2cc3ccccc3cc2c1CP(=O)(O)O. The molecule has 0 aliphatic carbocycles. The standard InChI is InChI=1S/C17H17O4P/c1-2-21-17-8-7-14-9-12-5-3-4-6-13(12)10-15(14)16(17)11-22(18,19)20/h3-10H,2,11H2,1H3,(H2,18,19,20). The lowest BCUT2D eigenvalue weighted by atomic mass is 10.00. The number of hydrogen-bond donors (Lipinski definition) is 2. The monoisotopic (exact) mass is 316 g/mol. The largest absolute Gasteiger partial charge is 0.494 e. The lowest BCUT2D eigenvalue weighted by Crippen LogP contribution is -1.98. The van der Waals surface area contributed by atoms with Crippen molar-refractivity contribution in [2.45, 2.75) is 13.1 Å². The number of rotatable bonds is 4. The van der Waals surface area contributed by atoms with Gasteiger partial charge in [0.15, 0.2) is 0 Å².